The molecule has 3 N–H and O–H groups in total. The van der Waals surface area contributed by atoms with Gasteiger partial charge < -0.3 is 11.1 Å². The second-order valence-electron chi connectivity index (χ2n) is 4.17. The van der Waals surface area contributed by atoms with Crippen molar-refractivity contribution in [2.24, 2.45) is 5.73 Å². The first-order chi connectivity index (χ1) is 7.46. The molecule has 0 bridgehead atoms. The van der Waals surface area contributed by atoms with Crippen molar-refractivity contribution >= 4 is 29.0 Å². The maximum Gasteiger partial charge on any atom is 0.242 e. The number of hydrogen-bond donors (Lipinski definition) is 2. The molecule has 16 heavy (non-hydrogen) atoms. The van der Waals surface area contributed by atoms with Crippen LogP contribution in [-0.2, 0) is 4.79 Å². The lowest BCUT2D eigenvalue weighted by Crippen LogP contribution is -2.40. The number of nitrogens with two attached hydrogens (primary N) is 1. The SMILES string of the molecule is CSC(C)(C)CNC(=O)C(N)c1cccs1. The van der Waals surface area contributed by atoms with E-state index in [9.17, 15) is 4.79 Å². The molecule has 0 saturated heterocycles. The van der Waals surface area contributed by atoms with Gasteiger partial charge in [-0.2, -0.15) is 11.8 Å². The van der Waals surface area contributed by atoms with E-state index in [1.165, 1.54) is 11.3 Å². The highest BCUT2D eigenvalue weighted by atomic mass is 32.2. The van der Waals surface area contributed by atoms with Crippen LogP contribution in [0.4, 0.5) is 0 Å². The summed E-state index contributed by atoms with van der Waals surface area (Å²) in [6.07, 6.45) is 2.03. The molecule has 1 aromatic rings. The molecule has 0 aliphatic rings. The zero-order chi connectivity index (χ0) is 12.2. The molecule has 1 rings (SSSR count). The largest absolute Gasteiger partial charge is 0.353 e. The first-order valence-corrected chi connectivity index (χ1v) is 7.18. The van der Waals surface area contributed by atoms with Crippen molar-refractivity contribution in [3.8, 4) is 0 Å². The van der Waals surface area contributed by atoms with Crippen LogP contribution in [0.2, 0.25) is 0 Å². The molecular formula is C11H18N2OS2. The third-order valence-electron chi connectivity index (χ3n) is 2.37. The fourth-order valence-corrected chi connectivity index (χ4v) is 2.02. The van der Waals surface area contributed by atoms with Crippen LogP contribution in [0.15, 0.2) is 17.5 Å². The molecule has 1 heterocycles. The van der Waals surface area contributed by atoms with E-state index in [-0.39, 0.29) is 10.7 Å². The molecule has 0 fully saturated rings. The second-order valence-corrected chi connectivity index (χ2v) is 6.67. The van der Waals surface area contributed by atoms with Gasteiger partial charge in [-0.1, -0.05) is 6.07 Å². The number of amides is 1. The van der Waals surface area contributed by atoms with Crippen molar-refractivity contribution in [1.82, 2.24) is 5.32 Å². The summed E-state index contributed by atoms with van der Waals surface area (Å²) in [5.41, 5.74) is 5.85. The quantitative estimate of drug-likeness (QED) is 0.849. The Balaban J connectivity index is 2.47. The van der Waals surface area contributed by atoms with Gasteiger partial charge in [-0.25, -0.2) is 0 Å². The summed E-state index contributed by atoms with van der Waals surface area (Å²) in [7, 11) is 0. The van der Waals surface area contributed by atoms with Crippen molar-refractivity contribution in [3.63, 3.8) is 0 Å². The van der Waals surface area contributed by atoms with Gasteiger partial charge in [0.1, 0.15) is 6.04 Å². The molecule has 0 aliphatic heterocycles. The molecular weight excluding hydrogens is 240 g/mol. The number of carbonyl (C=O) groups is 1. The Hall–Kier alpha value is -0.520. The smallest absolute Gasteiger partial charge is 0.242 e. The molecule has 0 spiro atoms. The molecule has 1 atom stereocenters. The normalized spacial score (nSPS) is 13.5. The van der Waals surface area contributed by atoms with Crippen LogP contribution in [0, 0.1) is 0 Å². The van der Waals surface area contributed by atoms with E-state index >= 15 is 0 Å². The maximum atomic E-state index is 11.8. The van der Waals surface area contributed by atoms with E-state index in [0.717, 1.165) is 4.88 Å². The monoisotopic (exact) mass is 258 g/mol. The minimum atomic E-state index is -0.544. The average molecular weight is 258 g/mol. The van der Waals surface area contributed by atoms with Gasteiger partial charge >= 0.3 is 0 Å². The zero-order valence-corrected chi connectivity index (χ0v) is 11.5. The molecule has 0 aromatic carbocycles. The predicted octanol–water partition coefficient (Wildman–Crippen LogP) is 2.01. The van der Waals surface area contributed by atoms with E-state index in [0.29, 0.717) is 6.54 Å². The van der Waals surface area contributed by atoms with Crippen molar-refractivity contribution < 1.29 is 4.79 Å². The molecule has 3 nitrogen and oxygen atoms in total. The topological polar surface area (TPSA) is 55.1 Å². The Kier molecular flexibility index (Phi) is 4.83. The standard InChI is InChI=1S/C11H18N2OS2/c1-11(2,15-3)7-13-10(14)9(12)8-5-4-6-16-8/h4-6,9H,7,12H2,1-3H3,(H,13,14). The fraction of sp³-hybridized carbons (Fsp3) is 0.545. The molecule has 0 aliphatic carbocycles. The summed E-state index contributed by atoms with van der Waals surface area (Å²) < 4.78 is 0.0465. The lowest BCUT2D eigenvalue weighted by Gasteiger charge is -2.23. The lowest BCUT2D eigenvalue weighted by atomic mass is 10.2. The van der Waals surface area contributed by atoms with E-state index in [1.54, 1.807) is 11.8 Å². The van der Waals surface area contributed by atoms with Gasteiger partial charge in [0, 0.05) is 16.2 Å². The highest BCUT2D eigenvalue weighted by molar-refractivity contribution is 7.99. The summed E-state index contributed by atoms with van der Waals surface area (Å²) in [6.45, 7) is 4.81. The van der Waals surface area contributed by atoms with Crippen molar-refractivity contribution in [2.45, 2.75) is 24.6 Å². The number of hydrogen-bond acceptors (Lipinski definition) is 4. The molecule has 1 amide bonds. The van der Waals surface area contributed by atoms with E-state index < -0.39 is 6.04 Å². The maximum absolute atomic E-state index is 11.8. The Morgan fingerprint density at radius 2 is 2.38 bits per heavy atom. The first-order valence-electron chi connectivity index (χ1n) is 5.08. The highest BCUT2D eigenvalue weighted by Gasteiger charge is 2.21. The van der Waals surface area contributed by atoms with Gasteiger partial charge in [0.05, 0.1) is 0 Å². The summed E-state index contributed by atoms with van der Waals surface area (Å²) >= 11 is 3.23. The predicted molar refractivity (Wildman–Crippen MR) is 71.9 cm³/mol. The Labute approximate surface area is 105 Å². The van der Waals surface area contributed by atoms with Crippen LogP contribution < -0.4 is 11.1 Å². The van der Waals surface area contributed by atoms with Gasteiger partial charge in [0.15, 0.2) is 0 Å². The van der Waals surface area contributed by atoms with Crippen LogP contribution in [0.5, 0.6) is 0 Å². The van der Waals surface area contributed by atoms with E-state index in [4.69, 9.17) is 5.73 Å². The average Bonchev–Trinajstić information content (AvgIpc) is 2.78. The van der Waals surface area contributed by atoms with Crippen LogP contribution >= 0.6 is 23.1 Å². The summed E-state index contributed by atoms with van der Waals surface area (Å²) in [4.78, 5) is 12.7. The second kappa shape index (κ2) is 5.70. The fourth-order valence-electron chi connectivity index (χ4n) is 1.08. The van der Waals surface area contributed by atoms with Crippen LogP contribution in [0.3, 0.4) is 0 Å². The molecule has 0 saturated carbocycles. The van der Waals surface area contributed by atoms with Crippen LogP contribution in [-0.4, -0.2) is 23.5 Å². The molecule has 5 heteroatoms. The highest BCUT2D eigenvalue weighted by Crippen LogP contribution is 2.21. The summed E-state index contributed by atoms with van der Waals surface area (Å²) in [5, 5.41) is 4.81. The number of thiophene rings is 1. The molecule has 1 unspecified atom stereocenters. The Bertz CT molecular complexity index is 336. The number of carbonyl (C=O) groups excluding carboxylic acids is 1. The van der Waals surface area contributed by atoms with Gasteiger partial charge in [-0.05, 0) is 31.5 Å². The summed E-state index contributed by atoms with van der Waals surface area (Å²) in [6, 6.07) is 3.24. The third kappa shape index (κ3) is 3.81. The van der Waals surface area contributed by atoms with Gasteiger partial charge in [-0.15, -0.1) is 11.3 Å². The summed E-state index contributed by atoms with van der Waals surface area (Å²) in [5.74, 6) is -0.107. The third-order valence-corrected chi connectivity index (χ3v) is 4.58. The van der Waals surface area contributed by atoms with Crippen molar-refractivity contribution in [3.05, 3.63) is 22.4 Å². The number of nitrogens with one attached hydrogen (secondary N) is 1. The zero-order valence-electron chi connectivity index (χ0n) is 9.82. The van der Waals surface area contributed by atoms with Crippen LogP contribution in [0.25, 0.3) is 0 Å². The van der Waals surface area contributed by atoms with Crippen molar-refractivity contribution in [2.75, 3.05) is 12.8 Å². The minimum absolute atomic E-state index is 0.0465. The van der Waals surface area contributed by atoms with Gasteiger partial charge in [0.25, 0.3) is 0 Å². The molecule has 1 aromatic heterocycles. The Morgan fingerprint density at radius 1 is 1.69 bits per heavy atom. The van der Waals surface area contributed by atoms with Crippen molar-refractivity contribution in [1.29, 1.82) is 0 Å². The minimum Gasteiger partial charge on any atom is -0.353 e. The number of rotatable bonds is 5. The molecule has 0 radical (unpaired) electrons. The van der Waals surface area contributed by atoms with E-state index in [2.05, 4.69) is 19.2 Å². The lowest BCUT2D eigenvalue weighted by molar-refractivity contribution is -0.122. The Morgan fingerprint density at radius 3 is 2.88 bits per heavy atom. The first kappa shape index (κ1) is 13.5. The van der Waals surface area contributed by atoms with E-state index in [1.807, 2.05) is 23.8 Å². The van der Waals surface area contributed by atoms with Gasteiger partial charge in [-0.3, -0.25) is 4.79 Å². The molecule has 90 valence electrons. The number of thioether (sulfide) groups is 1. The van der Waals surface area contributed by atoms with Gasteiger partial charge in [0.2, 0.25) is 5.91 Å². The van der Waals surface area contributed by atoms with Crippen LogP contribution in [0.1, 0.15) is 24.8 Å².